The zero-order valence-electron chi connectivity index (χ0n) is 11.3. The molecule has 1 fully saturated rings. The smallest absolute Gasteiger partial charge is 0.0702 e. The van der Waals surface area contributed by atoms with Crippen LogP contribution in [0.2, 0.25) is 0 Å². The fourth-order valence-corrected chi connectivity index (χ4v) is 3.35. The maximum absolute atomic E-state index is 5.81. The normalized spacial score (nSPS) is 24.7. The summed E-state index contributed by atoms with van der Waals surface area (Å²) in [5.74, 6) is 7.28. The third-order valence-corrected chi connectivity index (χ3v) is 4.37. The highest BCUT2D eigenvalue weighted by atomic mass is 15.2. The molecule has 3 atom stereocenters. The molecule has 2 aromatic rings. The van der Waals surface area contributed by atoms with Crippen molar-refractivity contribution in [1.29, 1.82) is 0 Å². The summed E-state index contributed by atoms with van der Waals surface area (Å²) in [5.41, 5.74) is 5.35. The van der Waals surface area contributed by atoms with E-state index in [1.807, 2.05) is 12.3 Å². The Kier molecular flexibility index (Phi) is 3.49. The standard InChI is InChI=1S/C16H21N3/c1-11-4-5-13(9-11)16(19-17)14-6-7-15-12(10-14)3-2-8-18-15/h2-3,6-8,10-11,13,16,19H,4-5,9,17H2,1H3. The average Bonchev–Trinajstić information content (AvgIpc) is 2.86. The SMILES string of the molecule is CC1CCC(C(NN)c2ccc3ncccc3c2)C1. The molecule has 3 N–H and O–H groups in total. The van der Waals surface area contributed by atoms with Gasteiger partial charge < -0.3 is 0 Å². The first-order valence-electron chi connectivity index (χ1n) is 7.08. The zero-order chi connectivity index (χ0) is 13.2. The number of benzene rings is 1. The molecule has 3 heteroatoms. The van der Waals surface area contributed by atoms with Gasteiger partial charge in [0.25, 0.3) is 0 Å². The van der Waals surface area contributed by atoms with Crippen LogP contribution >= 0.6 is 0 Å². The third-order valence-electron chi connectivity index (χ3n) is 4.37. The van der Waals surface area contributed by atoms with Gasteiger partial charge in [-0.1, -0.05) is 25.5 Å². The Morgan fingerprint density at radius 2 is 2.21 bits per heavy atom. The largest absolute Gasteiger partial charge is 0.271 e. The summed E-state index contributed by atoms with van der Waals surface area (Å²) in [6.07, 6.45) is 5.68. The molecule has 0 aliphatic heterocycles. The molecular formula is C16H21N3. The predicted octanol–water partition coefficient (Wildman–Crippen LogP) is 3.18. The van der Waals surface area contributed by atoms with E-state index in [9.17, 15) is 0 Å². The minimum Gasteiger partial charge on any atom is -0.271 e. The van der Waals surface area contributed by atoms with E-state index in [0.717, 1.165) is 11.4 Å². The molecular weight excluding hydrogens is 234 g/mol. The molecule has 19 heavy (non-hydrogen) atoms. The third kappa shape index (κ3) is 2.48. The van der Waals surface area contributed by atoms with Crippen molar-refractivity contribution in [2.75, 3.05) is 0 Å². The summed E-state index contributed by atoms with van der Waals surface area (Å²) in [6, 6.07) is 10.8. The number of hydrogen-bond donors (Lipinski definition) is 2. The van der Waals surface area contributed by atoms with Crippen LogP contribution in [0.5, 0.6) is 0 Å². The van der Waals surface area contributed by atoms with Gasteiger partial charge in [-0.05, 0) is 48.4 Å². The first-order chi connectivity index (χ1) is 9.28. The van der Waals surface area contributed by atoms with E-state index in [1.54, 1.807) is 0 Å². The molecule has 1 aromatic heterocycles. The van der Waals surface area contributed by atoms with Crippen molar-refractivity contribution < 1.29 is 0 Å². The molecule has 3 unspecified atom stereocenters. The molecule has 1 aliphatic rings. The minimum atomic E-state index is 0.259. The van der Waals surface area contributed by atoms with Crippen molar-refractivity contribution in [3.8, 4) is 0 Å². The molecule has 0 saturated heterocycles. The van der Waals surface area contributed by atoms with Crippen LogP contribution in [-0.2, 0) is 0 Å². The van der Waals surface area contributed by atoms with Gasteiger partial charge >= 0.3 is 0 Å². The van der Waals surface area contributed by atoms with Crippen LogP contribution in [0.4, 0.5) is 0 Å². The van der Waals surface area contributed by atoms with Gasteiger partial charge in [0.05, 0.1) is 5.52 Å². The monoisotopic (exact) mass is 255 g/mol. The fourth-order valence-electron chi connectivity index (χ4n) is 3.35. The highest BCUT2D eigenvalue weighted by Crippen LogP contribution is 2.38. The van der Waals surface area contributed by atoms with Gasteiger partial charge in [0.2, 0.25) is 0 Å². The molecule has 1 heterocycles. The number of fused-ring (bicyclic) bond motifs is 1. The second-order valence-corrected chi connectivity index (χ2v) is 5.78. The maximum Gasteiger partial charge on any atom is 0.0702 e. The molecule has 0 radical (unpaired) electrons. The topological polar surface area (TPSA) is 50.9 Å². The summed E-state index contributed by atoms with van der Waals surface area (Å²) in [4.78, 5) is 4.37. The van der Waals surface area contributed by atoms with Crippen LogP contribution in [0.15, 0.2) is 36.5 Å². The van der Waals surface area contributed by atoms with E-state index in [1.165, 1.54) is 30.2 Å². The summed E-state index contributed by atoms with van der Waals surface area (Å²) in [6.45, 7) is 2.33. The van der Waals surface area contributed by atoms with Crippen molar-refractivity contribution in [3.63, 3.8) is 0 Å². The van der Waals surface area contributed by atoms with Crippen LogP contribution in [0.3, 0.4) is 0 Å². The number of rotatable bonds is 3. The lowest BCUT2D eigenvalue weighted by molar-refractivity contribution is 0.364. The van der Waals surface area contributed by atoms with Gasteiger partial charge in [0.15, 0.2) is 0 Å². The van der Waals surface area contributed by atoms with E-state index >= 15 is 0 Å². The van der Waals surface area contributed by atoms with E-state index in [4.69, 9.17) is 5.84 Å². The lowest BCUT2D eigenvalue weighted by Crippen LogP contribution is -2.32. The van der Waals surface area contributed by atoms with Crippen LogP contribution < -0.4 is 11.3 Å². The van der Waals surface area contributed by atoms with Gasteiger partial charge in [0, 0.05) is 17.6 Å². The maximum atomic E-state index is 5.81. The van der Waals surface area contributed by atoms with Gasteiger partial charge in [0.1, 0.15) is 0 Å². The highest BCUT2D eigenvalue weighted by molar-refractivity contribution is 5.79. The Hall–Kier alpha value is -1.45. The summed E-state index contributed by atoms with van der Waals surface area (Å²) >= 11 is 0. The number of pyridine rings is 1. The lowest BCUT2D eigenvalue weighted by atomic mass is 9.91. The lowest BCUT2D eigenvalue weighted by Gasteiger charge is -2.23. The second kappa shape index (κ2) is 5.27. The molecule has 0 spiro atoms. The Morgan fingerprint density at radius 1 is 1.32 bits per heavy atom. The van der Waals surface area contributed by atoms with Gasteiger partial charge in [-0.15, -0.1) is 0 Å². The Balaban J connectivity index is 1.92. The Morgan fingerprint density at radius 3 is 2.95 bits per heavy atom. The molecule has 1 aliphatic carbocycles. The van der Waals surface area contributed by atoms with Gasteiger partial charge in [-0.25, -0.2) is 0 Å². The first-order valence-corrected chi connectivity index (χ1v) is 7.08. The van der Waals surface area contributed by atoms with Crippen molar-refractivity contribution in [2.24, 2.45) is 17.7 Å². The number of nitrogens with two attached hydrogens (primary N) is 1. The number of hydrogen-bond acceptors (Lipinski definition) is 3. The molecule has 0 amide bonds. The number of hydrazine groups is 1. The first kappa shape index (κ1) is 12.6. The number of nitrogens with zero attached hydrogens (tertiary/aromatic N) is 1. The molecule has 1 aromatic carbocycles. The average molecular weight is 255 g/mol. The van der Waals surface area contributed by atoms with Crippen molar-refractivity contribution >= 4 is 10.9 Å². The van der Waals surface area contributed by atoms with Crippen LogP contribution in [0.1, 0.15) is 37.8 Å². The number of aromatic nitrogens is 1. The zero-order valence-corrected chi connectivity index (χ0v) is 11.3. The van der Waals surface area contributed by atoms with Crippen molar-refractivity contribution in [1.82, 2.24) is 10.4 Å². The second-order valence-electron chi connectivity index (χ2n) is 5.78. The molecule has 100 valence electrons. The van der Waals surface area contributed by atoms with Gasteiger partial charge in [-0.2, -0.15) is 0 Å². The Labute approximate surface area is 114 Å². The molecule has 0 bridgehead atoms. The summed E-state index contributed by atoms with van der Waals surface area (Å²) in [5, 5.41) is 1.19. The quantitative estimate of drug-likeness (QED) is 0.654. The highest BCUT2D eigenvalue weighted by Gasteiger charge is 2.29. The van der Waals surface area contributed by atoms with Crippen LogP contribution in [0.25, 0.3) is 10.9 Å². The fraction of sp³-hybridized carbons (Fsp3) is 0.438. The number of nitrogens with one attached hydrogen (secondary N) is 1. The van der Waals surface area contributed by atoms with Crippen LogP contribution in [0, 0.1) is 11.8 Å². The van der Waals surface area contributed by atoms with Crippen LogP contribution in [-0.4, -0.2) is 4.98 Å². The summed E-state index contributed by atoms with van der Waals surface area (Å²) in [7, 11) is 0. The van der Waals surface area contributed by atoms with Crippen molar-refractivity contribution in [2.45, 2.75) is 32.2 Å². The summed E-state index contributed by atoms with van der Waals surface area (Å²) < 4.78 is 0. The van der Waals surface area contributed by atoms with E-state index in [-0.39, 0.29) is 6.04 Å². The molecule has 3 rings (SSSR count). The van der Waals surface area contributed by atoms with E-state index in [2.05, 4.69) is 41.6 Å². The Bertz CT molecular complexity index is 567. The molecule has 1 saturated carbocycles. The molecule has 3 nitrogen and oxygen atoms in total. The predicted molar refractivity (Wildman–Crippen MR) is 78.3 cm³/mol. The van der Waals surface area contributed by atoms with Gasteiger partial charge in [-0.3, -0.25) is 16.3 Å². The van der Waals surface area contributed by atoms with E-state index < -0.39 is 0 Å². The van der Waals surface area contributed by atoms with E-state index in [0.29, 0.717) is 5.92 Å². The minimum absolute atomic E-state index is 0.259. The van der Waals surface area contributed by atoms with Crippen molar-refractivity contribution in [3.05, 3.63) is 42.1 Å².